The normalized spacial score (nSPS) is 36.3. The zero-order chi connectivity index (χ0) is 14.8. The van der Waals surface area contributed by atoms with Crippen molar-refractivity contribution in [2.24, 2.45) is 11.8 Å². The van der Waals surface area contributed by atoms with E-state index in [4.69, 9.17) is 4.74 Å². The Morgan fingerprint density at radius 1 is 1.43 bits per heavy atom. The third-order valence-electron chi connectivity index (χ3n) is 4.53. The lowest BCUT2D eigenvalue weighted by molar-refractivity contribution is -0.146. The first-order valence-electron chi connectivity index (χ1n) is 6.69. The van der Waals surface area contributed by atoms with Crippen molar-refractivity contribution in [3.8, 4) is 0 Å². The standard InChI is InChI=1S/C15H12FNO4/c16-8-3-1-2-4-9(8)17-7-15-6-5-10(21-15)11(14(19)20)12(15)13(17)18/h1-6,10-12H,7H2,(H,19,20)/t10-,11-,12+,15+/m0/s1. The summed E-state index contributed by atoms with van der Waals surface area (Å²) in [6, 6.07) is 5.97. The molecule has 1 spiro atoms. The Balaban J connectivity index is 1.78. The lowest BCUT2D eigenvalue weighted by Crippen LogP contribution is -2.39. The first kappa shape index (κ1) is 12.5. The van der Waals surface area contributed by atoms with E-state index in [0.717, 1.165) is 0 Å². The van der Waals surface area contributed by atoms with Crippen molar-refractivity contribution in [1.82, 2.24) is 0 Å². The van der Waals surface area contributed by atoms with E-state index in [0.29, 0.717) is 0 Å². The second-order valence-electron chi connectivity index (χ2n) is 5.61. The number of carboxylic acid groups (broad SMARTS) is 1. The molecule has 2 fully saturated rings. The summed E-state index contributed by atoms with van der Waals surface area (Å²) in [5.41, 5.74) is -0.775. The van der Waals surface area contributed by atoms with Crippen LogP contribution in [-0.4, -0.2) is 35.2 Å². The number of carbonyl (C=O) groups excluding carboxylic acids is 1. The van der Waals surface area contributed by atoms with Crippen molar-refractivity contribution in [1.29, 1.82) is 0 Å². The summed E-state index contributed by atoms with van der Waals surface area (Å²) in [6.07, 6.45) is 2.87. The fourth-order valence-corrected chi connectivity index (χ4v) is 3.65. The molecule has 5 nitrogen and oxygen atoms in total. The van der Waals surface area contributed by atoms with Crippen LogP contribution in [0.1, 0.15) is 0 Å². The minimum absolute atomic E-state index is 0.147. The number of ether oxygens (including phenoxy) is 1. The predicted molar refractivity (Wildman–Crippen MR) is 70.1 cm³/mol. The molecule has 0 aromatic heterocycles. The van der Waals surface area contributed by atoms with E-state index in [9.17, 15) is 19.1 Å². The zero-order valence-corrected chi connectivity index (χ0v) is 10.9. The molecule has 1 N–H and O–H groups in total. The van der Waals surface area contributed by atoms with Crippen molar-refractivity contribution in [3.63, 3.8) is 0 Å². The molecular formula is C15H12FNO4. The van der Waals surface area contributed by atoms with Crippen LogP contribution in [0.5, 0.6) is 0 Å². The number of hydrogen-bond donors (Lipinski definition) is 1. The summed E-state index contributed by atoms with van der Waals surface area (Å²) in [6.45, 7) is 0.147. The van der Waals surface area contributed by atoms with Gasteiger partial charge in [0.1, 0.15) is 17.3 Å². The number of fused-ring (bicyclic) bond motifs is 1. The molecule has 6 heteroatoms. The maximum Gasteiger partial charge on any atom is 0.310 e. The fourth-order valence-electron chi connectivity index (χ4n) is 3.65. The monoisotopic (exact) mass is 289 g/mol. The lowest BCUT2D eigenvalue weighted by atomic mass is 9.77. The van der Waals surface area contributed by atoms with Gasteiger partial charge >= 0.3 is 5.97 Å². The average molecular weight is 289 g/mol. The largest absolute Gasteiger partial charge is 0.481 e. The molecule has 0 aliphatic carbocycles. The highest BCUT2D eigenvalue weighted by molar-refractivity contribution is 6.02. The number of halogens is 1. The van der Waals surface area contributed by atoms with Gasteiger partial charge in [-0.25, -0.2) is 4.39 Å². The molecule has 0 unspecified atom stereocenters. The number of anilines is 1. The first-order chi connectivity index (χ1) is 10.0. The molecule has 1 amide bonds. The van der Waals surface area contributed by atoms with Gasteiger partial charge in [-0.2, -0.15) is 0 Å². The summed E-state index contributed by atoms with van der Waals surface area (Å²) in [4.78, 5) is 25.3. The summed E-state index contributed by atoms with van der Waals surface area (Å²) >= 11 is 0. The minimum atomic E-state index is -1.06. The van der Waals surface area contributed by atoms with E-state index < -0.39 is 35.3 Å². The van der Waals surface area contributed by atoms with E-state index in [-0.39, 0.29) is 18.1 Å². The van der Waals surface area contributed by atoms with Crippen LogP contribution in [0.4, 0.5) is 10.1 Å². The number of hydrogen-bond acceptors (Lipinski definition) is 3. The molecule has 4 atom stereocenters. The number of benzene rings is 1. The van der Waals surface area contributed by atoms with Crippen LogP contribution in [0.15, 0.2) is 36.4 Å². The Bertz CT molecular complexity index is 688. The zero-order valence-electron chi connectivity index (χ0n) is 10.9. The van der Waals surface area contributed by atoms with Gasteiger partial charge in [-0.3, -0.25) is 9.59 Å². The van der Waals surface area contributed by atoms with Crippen LogP contribution < -0.4 is 4.90 Å². The van der Waals surface area contributed by atoms with Gasteiger partial charge < -0.3 is 14.7 Å². The quantitative estimate of drug-likeness (QED) is 0.831. The Labute approximate surface area is 119 Å². The van der Waals surface area contributed by atoms with Crippen LogP contribution in [0, 0.1) is 17.7 Å². The number of carbonyl (C=O) groups is 2. The number of nitrogens with zero attached hydrogens (tertiary/aromatic N) is 1. The van der Waals surface area contributed by atoms with E-state index >= 15 is 0 Å². The van der Waals surface area contributed by atoms with E-state index in [2.05, 4.69) is 0 Å². The molecule has 21 heavy (non-hydrogen) atoms. The number of carboxylic acids is 1. The molecule has 3 heterocycles. The Hall–Kier alpha value is -2.21. The van der Waals surface area contributed by atoms with E-state index in [1.54, 1.807) is 24.3 Å². The van der Waals surface area contributed by atoms with Gasteiger partial charge in [-0.05, 0) is 12.1 Å². The molecule has 3 aliphatic rings. The molecule has 4 rings (SSSR count). The number of rotatable bonds is 2. The summed E-state index contributed by atoms with van der Waals surface area (Å²) in [5, 5.41) is 9.35. The van der Waals surface area contributed by atoms with Crippen molar-refractivity contribution in [2.75, 3.05) is 11.4 Å². The Morgan fingerprint density at radius 3 is 2.90 bits per heavy atom. The molecule has 0 saturated carbocycles. The maximum atomic E-state index is 13.9. The number of amides is 1. The molecule has 1 aromatic carbocycles. The first-order valence-corrected chi connectivity index (χ1v) is 6.69. The van der Waals surface area contributed by atoms with Crippen LogP contribution in [0.2, 0.25) is 0 Å². The highest BCUT2D eigenvalue weighted by Gasteiger charge is 2.67. The fraction of sp³-hybridized carbons (Fsp3) is 0.333. The smallest absolute Gasteiger partial charge is 0.310 e. The second-order valence-corrected chi connectivity index (χ2v) is 5.61. The molecule has 2 bridgehead atoms. The molecule has 108 valence electrons. The Kier molecular flexibility index (Phi) is 2.34. The van der Waals surface area contributed by atoms with Crippen molar-refractivity contribution in [3.05, 3.63) is 42.2 Å². The van der Waals surface area contributed by atoms with Crippen LogP contribution >= 0.6 is 0 Å². The predicted octanol–water partition coefficient (Wildman–Crippen LogP) is 1.20. The third kappa shape index (κ3) is 1.48. The minimum Gasteiger partial charge on any atom is -0.481 e. The summed E-state index contributed by atoms with van der Waals surface area (Å²) < 4.78 is 19.7. The average Bonchev–Trinajstić information content (AvgIpc) is 3.08. The van der Waals surface area contributed by atoms with Crippen molar-refractivity contribution in [2.45, 2.75) is 11.7 Å². The van der Waals surface area contributed by atoms with Gasteiger partial charge in [-0.15, -0.1) is 0 Å². The van der Waals surface area contributed by atoms with Crippen LogP contribution in [-0.2, 0) is 14.3 Å². The van der Waals surface area contributed by atoms with Gasteiger partial charge in [0.05, 0.1) is 24.3 Å². The number of para-hydroxylation sites is 1. The summed E-state index contributed by atoms with van der Waals surface area (Å²) in [7, 11) is 0. The summed E-state index contributed by atoms with van der Waals surface area (Å²) in [5.74, 6) is -3.64. The third-order valence-corrected chi connectivity index (χ3v) is 4.53. The lowest BCUT2D eigenvalue weighted by Gasteiger charge is -2.21. The van der Waals surface area contributed by atoms with Crippen LogP contribution in [0.25, 0.3) is 0 Å². The van der Waals surface area contributed by atoms with Gasteiger partial charge in [0, 0.05) is 0 Å². The molecule has 2 saturated heterocycles. The maximum absolute atomic E-state index is 13.9. The van der Waals surface area contributed by atoms with Crippen molar-refractivity contribution >= 4 is 17.6 Å². The molecule has 3 aliphatic heterocycles. The van der Waals surface area contributed by atoms with Gasteiger partial charge in [0.2, 0.25) is 5.91 Å². The van der Waals surface area contributed by atoms with Crippen LogP contribution in [0.3, 0.4) is 0 Å². The van der Waals surface area contributed by atoms with Gasteiger partial charge in [0.15, 0.2) is 0 Å². The van der Waals surface area contributed by atoms with Gasteiger partial charge in [-0.1, -0.05) is 24.3 Å². The van der Waals surface area contributed by atoms with Gasteiger partial charge in [0.25, 0.3) is 0 Å². The van der Waals surface area contributed by atoms with Crippen molar-refractivity contribution < 1.29 is 23.8 Å². The van der Waals surface area contributed by atoms with E-state index in [1.807, 2.05) is 0 Å². The molecule has 1 aromatic rings. The number of aliphatic carboxylic acids is 1. The molecular weight excluding hydrogens is 277 g/mol. The topological polar surface area (TPSA) is 66.8 Å². The Morgan fingerprint density at radius 2 is 2.19 bits per heavy atom. The highest BCUT2D eigenvalue weighted by Crippen LogP contribution is 2.52. The highest BCUT2D eigenvalue weighted by atomic mass is 19.1. The molecule has 0 radical (unpaired) electrons. The van der Waals surface area contributed by atoms with E-state index in [1.165, 1.54) is 17.0 Å². The second kappa shape index (κ2) is 3.92. The SMILES string of the molecule is O=C(O)[C@H]1[C@@H]2C=C[C@]3(CN(c4ccccc4F)C(=O)[C@@H]13)O2.